The lowest BCUT2D eigenvalue weighted by molar-refractivity contribution is -0.119. The van der Waals surface area contributed by atoms with Crippen LogP contribution in [0.4, 0.5) is 5.69 Å². The summed E-state index contributed by atoms with van der Waals surface area (Å²) in [5.41, 5.74) is 1.44. The highest BCUT2D eigenvalue weighted by Crippen LogP contribution is 2.18. The lowest BCUT2D eigenvalue weighted by Gasteiger charge is -2.09. The maximum absolute atomic E-state index is 12.2. The summed E-state index contributed by atoms with van der Waals surface area (Å²) in [7, 11) is 0. The van der Waals surface area contributed by atoms with Crippen LogP contribution in [0, 0.1) is 6.92 Å². The molecule has 1 N–H and O–H groups in total. The van der Waals surface area contributed by atoms with E-state index >= 15 is 0 Å². The number of nitrogens with one attached hydrogen (secondary N) is 1. The zero-order chi connectivity index (χ0) is 19.9. The van der Waals surface area contributed by atoms with Gasteiger partial charge in [-0.3, -0.25) is 4.79 Å². The standard InChI is InChI=1S/C19H16ClN3O4S/c1-12-22-14(11-28-12)9-26-15-5-2-4-13(8-15)19(25)27-10-17(24)23-16-6-3-7-21-18(16)20/h2-8,11H,9-10H2,1H3,(H,23,24). The molecular weight excluding hydrogens is 402 g/mol. The van der Waals surface area contributed by atoms with E-state index in [0.717, 1.165) is 10.7 Å². The first-order chi connectivity index (χ1) is 13.5. The molecule has 1 aromatic carbocycles. The van der Waals surface area contributed by atoms with Gasteiger partial charge in [-0.25, -0.2) is 14.8 Å². The average Bonchev–Trinajstić information content (AvgIpc) is 3.12. The normalized spacial score (nSPS) is 10.4. The summed E-state index contributed by atoms with van der Waals surface area (Å²) in [6.07, 6.45) is 1.50. The number of ether oxygens (including phenoxy) is 2. The predicted molar refractivity (Wildman–Crippen MR) is 106 cm³/mol. The first-order valence-corrected chi connectivity index (χ1v) is 9.48. The van der Waals surface area contributed by atoms with Gasteiger partial charge < -0.3 is 14.8 Å². The van der Waals surface area contributed by atoms with E-state index in [4.69, 9.17) is 21.1 Å². The number of esters is 1. The molecule has 0 atom stereocenters. The third kappa shape index (κ3) is 5.51. The molecule has 0 unspecified atom stereocenters. The first-order valence-electron chi connectivity index (χ1n) is 8.22. The number of amides is 1. The summed E-state index contributed by atoms with van der Waals surface area (Å²) in [5.74, 6) is -0.649. The quantitative estimate of drug-likeness (QED) is 0.463. The van der Waals surface area contributed by atoms with E-state index in [1.807, 2.05) is 12.3 Å². The molecule has 0 aliphatic carbocycles. The van der Waals surface area contributed by atoms with Crippen LogP contribution in [-0.2, 0) is 16.1 Å². The van der Waals surface area contributed by atoms with Crippen LogP contribution in [0.3, 0.4) is 0 Å². The molecule has 0 saturated carbocycles. The van der Waals surface area contributed by atoms with Gasteiger partial charge in [-0.15, -0.1) is 11.3 Å². The number of nitrogens with zero attached hydrogens (tertiary/aromatic N) is 2. The van der Waals surface area contributed by atoms with E-state index in [2.05, 4.69) is 15.3 Å². The highest BCUT2D eigenvalue weighted by atomic mass is 35.5. The van der Waals surface area contributed by atoms with Gasteiger partial charge in [0.25, 0.3) is 5.91 Å². The number of carbonyl (C=O) groups is 2. The van der Waals surface area contributed by atoms with Gasteiger partial charge >= 0.3 is 5.97 Å². The van der Waals surface area contributed by atoms with E-state index in [0.29, 0.717) is 18.0 Å². The van der Waals surface area contributed by atoms with Crippen LogP contribution < -0.4 is 10.1 Å². The Morgan fingerprint density at radius 2 is 2.11 bits per heavy atom. The molecule has 0 bridgehead atoms. The predicted octanol–water partition coefficient (Wildman–Crippen LogP) is 3.87. The summed E-state index contributed by atoms with van der Waals surface area (Å²) in [6, 6.07) is 9.77. The Bertz CT molecular complexity index is 993. The van der Waals surface area contributed by atoms with Crippen molar-refractivity contribution < 1.29 is 19.1 Å². The Labute approximate surface area is 170 Å². The number of aryl methyl sites for hydroxylation is 1. The number of halogens is 1. The minimum Gasteiger partial charge on any atom is -0.487 e. The third-order valence-corrected chi connectivity index (χ3v) is 4.61. The van der Waals surface area contributed by atoms with E-state index in [9.17, 15) is 9.59 Å². The van der Waals surface area contributed by atoms with Crippen molar-refractivity contribution in [1.82, 2.24) is 9.97 Å². The zero-order valence-corrected chi connectivity index (χ0v) is 16.4. The minimum absolute atomic E-state index is 0.155. The Morgan fingerprint density at radius 3 is 2.86 bits per heavy atom. The average molecular weight is 418 g/mol. The van der Waals surface area contributed by atoms with Crippen LogP contribution in [0.2, 0.25) is 5.15 Å². The van der Waals surface area contributed by atoms with E-state index in [1.165, 1.54) is 6.20 Å². The Hall–Kier alpha value is -2.97. The number of benzene rings is 1. The van der Waals surface area contributed by atoms with E-state index in [-0.39, 0.29) is 10.7 Å². The molecular formula is C19H16ClN3O4S. The SMILES string of the molecule is Cc1nc(COc2cccc(C(=O)OCC(=O)Nc3cccnc3Cl)c2)cs1. The molecule has 0 radical (unpaired) electrons. The Morgan fingerprint density at radius 1 is 1.25 bits per heavy atom. The number of rotatable bonds is 7. The molecule has 28 heavy (non-hydrogen) atoms. The molecule has 2 heterocycles. The molecule has 3 aromatic rings. The molecule has 3 rings (SSSR count). The van der Waals surface area contributed by atoms with Crippen molar-refractivity contribution in [2.24, 2.45) is 0 Å². The zero-order valence-electron chi connectivity index (χ0n) is 14.8. The van der Waals surface area contributed by atoms with Crippen molar-refractivity contribution in [2.75, 3.05) is 11.9 Å². The van der Waals surface area contributed by atoms with Crippen LogP contribution in [-0.4, -0.2) is 28.5 Å². The lowest BCUT2D eigenvalue weighted by Crippen LogP contribution is -2.21. The van der Waals surface area contributed by atoms with Crippen LogP contribution in [0.1, 0.15) is 21.1 Å². The number of carbonyl (C=O) groups excluding carboxylic acids is 2. The highest BCUT2D eigenvalue weighted by Gasteiger charge is 2.12. The van der Waals surface area contributed by atoms with Crippen LogP contribution in [0.15, 0.2) is 48.0 Å². The molecule has 0 aliphatic rings. The maximum Gasteiger partial charge on any atom is 0.338 e. The van der Waals surface area contributed by atoms with Crippen LogP contribution >= 0.6 is 22.9 Å². The van der Waals surface area contributed by atoms with Crippen LogP contribution in [0.5, 0.6) is 5.75 Å². The summed E-state index contributed by atoms with van der Waals surface area (Å²) in [6.45, 7) is 1.77. The fourth-order valence-electron chi connectivity index (χ4n) is 2.22. The smallest absolute Gasteiger partial charge is 0.338 e. The van der Waals surface area contributed by atoms with Crippen molar-refractivity contribution in [3.8, 4) is 5.75 Å². The fourth-order valence-corrected chi connectivity index (χ4v) is 2.99. The summed E-state index contributed by atoms with van der Waals surface area (Å²) in [5, 5.41) is 5.56. The van der Waals surface area contributed by atoms with Gasteiger partial charge in [-0.1, -0.05) is 17.7 Å². The van der Waals surface area contributed by atoms with E-state index in [1.54, 1.807) is 47.7 Å². The van der Waals surface area contributed by atoms with Crippen molar-refractivity contribution >= 4 is 40.5 Å². The molecule has 0 saturated heterocycles. The molecule has 0 spiro atoms. The Kier molecular flexibility index (Phi) is 6.57. The number of pyridine rings is 1. The van der Waals surface area contributed by atoms with Gasteiger partial charge in [0.2, 0.25) is 0 Å². The van der Waals surface area contributed by atoms with Crippen molar-refractivity contribution in [2.45, 2.75) is 13.5 Å². The number of aromatic nitrogens is 2. The maximum atomic E-state index is 12.2. The van der Waals surface area contributed by atoms with Crippen molar-refractivity contribution in [1.29, 1.82) is 0 Å². The van der Waals surface area contributed by atoms with Crippen molar-refractivity contribution in [3.05, 3.63) is 69.4 Å². The second-order valence-corrected chi connectivity index (χ2v) is 7.06. The second kappa shape index (κ2) is 9.29. The third-order valence-electron chi connectivity index (χ3n) is 3.49. The molecule has 0 fully saturated rings. The van der Waals surface area contributed by atoms with Gasteiger partial charge in [-0.05, 0) is 37.3 Å². The second-order valence-electron chi connectivity index (χ2n) is 5.64. The number of hydrogen-bond acceptors (Lipinski definition) is 7. The van der Waals surface area contributed by atoms with Gasteiger partial charge in [0.05, 0.1) is 22.0 Å². The largest absolute Gasteiger partial charge is 0.487 e. The molecule has 7 nitrogen and oxygen atoms in total. The molecule has 9 heteroatoms. The lowest BCUT2D eigenvalue weighted by atomic mass is 10.2. The summed E-state index contributed by atoms with van der Waals surface area (Å²) < 4.78 is 10.7. The van der Waals surface area contributed by atoms with Gasteiger partial charge in [0.1, 0.15) is 12.4 Å². The molecule has 2 aromatic heterocycles. The highest BCUT2D eigenvalue weighted by molar-refractivity contribution is 7.09. The molecule has 1 amide bonds. The monoisotopic (exact) mass is 417 g/mol. The molecule has 0 aliphatic heterocycles. The minimum atomic E-state index is -0.637. The number of hydrogen-bond donors (Lipinski definition) is 1. The van der Waals surface area contributed by atoms with Gasteiger partial charge in [-0.2, -0.15) is 0 Å². The number of anilines is 1. The topological polar surface area (TPSA) is 90.4 Å². The summed E-state index contributed by atoms with van der Waals surface area (Å²) >= 11 is 7.41. The van der Waals surface area contributed by atoms with Gasteiger partial charge in [0.15, 0.2) is 11.8 Å². The van der Waals surface area contributed by atoms with Crippen LogP contribution in [0.25, 0.3) is 0 Å². The number of thiazole rings is 1. The Balaban J connectivity index is 1.52. The fraction of sp³-hybridized carbons (Fsp3) is 0.158. The van der Waals surface area contributed by atoms with Gasteiger partial charge in [0, 0.05) is 11.6 Å². The van der Waals surface area contributed by atoms with E-state index < -0.39 is 18.5 Å². The molecule has 144 valence electrons. The first kappa shape index (κ1) is 19.8. The summed E-state index contributed by atoms with van der Waals surface area (Å²) in [4.78, 5) is 32.3. The van der Waals surface area contributed by atoms with Crippen molar-refractivity contribution in [3.63, 3.8) is 0 Å².